The highest BCUT2D eigenvalue weighted by molar-refractivity contribution is 5.85. The Morgan fingerprint density at radius 3 is 1.90 bits per heavy atom. The van der Waals surface area contributed by atoms with Crippen LogP contribution in [0.25, 0.3) is 0 Å². The van der Waals surface area contributed by atoms with Gasteiger partial charge in [0.25, 0.3) is 0 Å². The van der Waals surface area contributed by atoms with Gasteiger partial charge in [-0.15, -0.1) is 24.8 Å². The number of hydrazine groups is 1. The van der Waals surface area contributed by atoms with E-state index < -0.39 is 0 Å². The molecule has 0 bridgehead atoms. The van der Waals surface area contributed by atoms with Crippen molar-refractivity contribution in [3.8, 4) is 0 Å². The Balaban J connectivity index is 0. The van der Waals surface area contributed by atoms with Crippen LogP contribution >= 0.6 is 24.8 Å². The Hall–Kier alpha value is 0.500. The first kappa shape index (κ1) is 13.1. The molecular weight excluding hydrogens is 171 g/mol. The van der Waals surface area contributed by atoms with E-state index in [9.17, 15) is 0 Å². The van der Waals surface area contributed by atoms with Crippen LogP contribution in [0.4, 0.5) is 0 Å². The van der Waals surface area contributed by atoms with Crippen LogP contribution in [0, 0.1) is 0 Å². The largest absolute Gasteiger partial charge is 0.254 e. The molecule has 64 valence electrons. The molecule has 0 radical (unpaired) electrons. The van der Waals surface area contributed by atoms with E-state index in [1.165, 1.54) is 6.42 Å². The van der Waals surface area contributed by atoms with Gasteiger partial charge in [-0.25, -0.2) is 0 Å². The molecule has 0 saturated carbocycles. The van der Waals surface area contributed by atoms with Crippen LogP contribution in [-0.4, -0.2) is 11.6 Å². The molecule has 2 nitrogen and oxygen atoms in total. The number of halogens is 2. The van der Waals surface area contributed by atoms with E-state index in [4.69, 9.17) is 0 Å². The van der Waals surface area contributed by atoms with Crippen molar-refractivity contribution >= 4 is 24.8 Å². The second kappa shape index (κ2) is 4.39. The lowest BCUT2D eigenvalue weighted by atomic mass is 10.0. The van der Waals surface area contributed by atoms with E-state index >= 15 is 0 Å². The number of hydrogen-bond donors (Lipinski definition) is 2. The molecule has 0 aromatic carbocycles. The molecule has 10 heavy (non-hydrogen) atoms. The van der Waals surface area contributed by atoms with Gasteiger partial charge in [0.05, 0.1) is 0 Å². The fourth-order valence-corrected chi connectivity index (χ4v) is 1.19. The topological polar surface area (TPSA) is 24.1 Å². The van der Waals surface area contributed by atoms with Gasteiger partial charge in [0.15, 0.2) is 0 Å². The highest BCUT2D eigenvalue weighted by atomic mass is 35.5. The Morgan fingerprint density at radius 2 is 1.80 bits per heavy atom. The number of nitrogens with one attached hydrogen (secondary N) is 2. The Bertz CT molecular complexity index is 95.7. The van der Waals surface area contributed by atoms with Crippen LogP contribution in [0.1, 0.15) is 27.2 Å². The smallest absolute Gasteiger partial charge is 0.0282 e. The third-order valence-corrected chi connectivity index (χ3v) is 1.47. The maximum absolute atomic E-state index is 3.20. The molecule has 0 aliphatic carbocycles. The van der Waals surface area contributed by atoms with E-state index in [0.29, 0.717) is 11.6 Å². The van der Waals surface area contributed by atoms with Crippen LogP contribution in [0.15, 0.2) is 0 Å². The summed E-state index contributed by atoms with van der Waals surface area (Å²) in [5, 5.41) is 0. The summed E-state index contributed by atoms with van der Waals surface area (Å²) in [6.07, 6.45) is 1.22. The van der Waals surface area contributed by atoms with E-state index in [0.717, 1.165) is 0 Å². The second-order valence-electron chi connectivity index (χ2n) is 3.26. The van der Waals surface area contributed by atoms with Crippen LogP contribution in [0.3, 0.4) is 0 Å². The zero-order valence-electron chi connectivity index (χ0n) is 6.60. The summed E-state index contributed by atoms with van der Waals surface area (Å²) in [5.74, 6) is 0. The van der Waals surface area contributed by atoms with E-state index in [-0.39, 0.29) is 24.8 Å². The standard InChI is InChI=1S/C6H14N2.2ClH/c1-5-4-6(2,3)8-7-5;;/h5,7-8H,4H2,1-3H3;2*1H. The van der Waals surface area contributed by atoms with Crippen molar-refractivity contribution in [3.63, 3.8) is 0 Å². The molecule has 1 unspecified atom stereocenters. The second-order valence-corrected chi connectivity index (χ2v) is 3.26. The monoisotopic (exact) mass is 186 g/mol. The third-order valence-electron chi connectivity index (χ3n) is 1.47. The molecule has 1 rings (SSSR count). The van der Waals surface area contributed by atoms with Gasteiger partial charge in [-0.3, -0.25) is 10.9 Å². The van der Waals surface area contributed by atoms with E-state index in [1.807, 2.05) is 0 Å². The quantitative estimate of drug-likeness (QED) is 0.600. The van der Waals surface area contributed by atoms with Crippen molar-refractivity contribution in [3.05, 3.63) is 0 Å². The van der Waals surface area contributed by atoms with Crippen molar-refractivity contribution in [2.75, 3.05) is 0 Å². The Kier molecular flexibility index (Phi) is 5.76. The SMILES string of the molecule is CC1CC(C)(C)NN1.Cl.Cl. The summed E-state index contributed by atoms with van der Waals surface area (Å²) in [6, 6.07) is 0.630. The van der Waals surface area contributed by atoms with E-state index in [2.05, 4.69) is 31.6 Å². The molecule has 2 N–H and O–H groups in total. The average Bonchev–Trinajstić information content (AvgIpc) is 1.82. The molecule has 0 amide bonds. The van der Waals surface area contributed by atoms with Crippen LogP contribution in [0.5, 0.6) is 0 Å². The normalized spacial score (nSPS) is 28.5. The summed E-state index contributed by atoms with van der Waals surface area (Å²) in [5.41, 5.74) is 6.66. The predicted molar refractivity (Wildman–Crippen MR) is 48.9 cm³/mol. The predicted octanol–water partition coefficient (Wildman–Crippen LogP) is 1.49. The molecule has 1 fully saturated rings. The van der Waals surface area contributed by atoms with Crippen molar-refractivity contribution in [2.24, 2.45) is 0 Å². The molecule has 1 aliphatic rings. The first-order valence-electron chi connectivity index (χ1n) is 3.13. The third kappa shape index (κ3) is 3.62. The number of hydrogen-bond acceptors (Lipinski definition) is 2. The van der Waals surface area contributed by atoms with Gasteiger partial charge in [-0.05, 0) is 27.2 Å². The van der Waals surface area contributed by atoms with Gasteiger partial charge in [0.2, 0.25) is 0 Å². The fraction of sp³-hybridized carbons (Fsp3) is 1.00. The van der Waals surface area contributed by atoms with Crippen LogP contribution in [0.2, 0.25) is 0 Å². The van der Waals surface area contributed by atoms with Gasteiger partial charge in [0.1, 0.15) is 0 Å². The lowest BCUT2D eigenvalue weighted by Gasteiger charge is -2.14. The maximum Gasteiger partial charge on any atom is 0.0282 e. The highest BCUT2D eigenvalue weighted by Gasteiger charge is 2.26. The van der Waals surface area contributed by atoms with Crippen molar-refractivity contribution in [1.29, 1.82) is 0 Å². The molecule has 1 saturated heterocycles. The summed E-state index contributed by atoms with van der Waals surface area (Å²) in [7, 11) is 0. The summed E-state index contributed by atoms with van der Waals surface area (Å²) in [4.78, 5) is 0. The molecule has 0 spiro atoms. The van der Waals surface area contributed by atoms with Crippen molar-refractivity contribution in [2.45, 2.75) is 38.8 Å². The average molecular weight is 187 g/mol. The van der Waals surface area contributed by atoms with E-state index in [1.54, 1.807) is 0 Å². The lowest BCUT2D eigenvalue weighted by molar-refractivity contribution is 0.431. The molecule has 1 aliphatic heterocycles. The van der Waals surface area contributed by atoms with Gasteiger partial charge < -0.3 is 0 Å². The van der Waals surface area contributed by atoms with Gasteiger partial charge in [-0.2, -0.15) is 0 Å². The first-order valence-corrected chi connectivity index (χ1v) is 3.13. The zero-order chi connectivity index (χ0) is 6.20. The zero-order valence-corrected chi connectivity index (χ0v) is 8.23. The minimum Gasteiger partial charge on any atom is -0.254 e. The fourth-order valence-electron chi connectivity index (χ4n) is 1.19. The van der Waals surface area contributed by atoms with Gasteiger partial charge >= 0.3 is 0 Å². The summed E-state index contributed by atoms with van der Waals surface area (Å²) in [6.45, 7) is 6.58. The van der Waals surface area contributed by atoms with Crippen molar-refractivity contribution < 1.29 is 0 Å². The van der Waals surface area contributed by atoms with Crippen LogP contribution in [-0.2, 0) is 0 Å². The highest BCUT2D eigenvalue weighted by Crippen LogP contribution is 2.14. The number of rotatable bonds is 0. The minimum absolute atomic E-state index is 0. The molecule has 1 heterocycles. The van der Waals surface area contributed by atoms with Gasteiger partial charge in [0, 0.05) is 11.6 Å². The molecule has 0 aromatic heterocycles. The first-order chi connectivity index (χ1) is 3.60. The Labute approximate surface area is 74.9 Å². The molecule has 4 heteroatoms. The molecule has 0 aromatic rings. The molecular formula is C6H16Cl2N2. The lowest BCUT2D eigenvalue weighted by Crippen LogP contribution is -2.38. The van der Waals surface area contributed by atoms with Crippen LogP contribution < -0.4 is 10.9 Å². The minimum atomic E-state index is 0. The van der Waals surface area contributed by atoms with Crippen molar-refractivity contribution in [1.82, 2.24) is 10.9 Å². The Morgan fingerprint density at radius 1 is 1.30 bits per heavy atom. The molecule has 1 atom stereocenters. The maximum atomic E-state index is 3.20. The summed E-state index contributed by atoms with van der Waals surface area (Å²) >= 11 is 0. The van der Waals surface area contributed by atoms with Gasteiger partial charge in [-0.1, -0.05) is 0 Å². The summed E-state index contributed by atoms with van der Waals surface area (Å²) < 4.78 is 0.